The molecule has 1 aliphatic rings. The molecule has 1 unspecified atom stereocenters. The summed E-state index contributed by atoms with van der Waals surface area (Å²) in [5, 5.41) is 2.95. The van der Waals surface area contributed by atoms with Gasteiger partial charge in [0.05, 0.1) is 19.8 Å². The highest BCUT2D eigenvalue weighted by Gasteiger charge is 2.21. The summed E-state index contributed by atoms with van der Waals surface area (Å²) in [6.45, 7) is 5.45. The molecule has 1 aliphatic heterocycles. The summed E-state index contributed by atoms with van der Waals surface area (Å²) < 4.78 is 11.2. The normalized spacial score (nSPS) is 17.4. The molecule has 0 aromatic heterocycles. The number of rotatable bonds is 9. The first kappa shape index (κ1) is 17.8. The maximum absolute atomic E-state index is 12.1. The second kappa shape index (κ2) is 9.53. The van der Waals surface area contributed by atoms with E-state index in [1.165, 1.54) is 0 Å². The van der Waals surface area contributed by atoms with Crippen LogP contribution < -0.4 is 10.1 Å². The van der Waals surface area contributed by atoms with Gasteiger partial charge in [-0.25, -0.2) is 0 Å². The van der Waals surface area contributed by atoms with Crippen LogP contribution in [0.2, 0.25) is 0 Å². The van der Waals surface area contributed by atoms with Gasteiger partial charge in [-0.1, -0.05) is 25.1 Å². The highest BCUT2D eigenvalue weighted by Crippen LogP contribution is 2.21. The molecule has 0 radical (unpaired) electrons. The minimum Gasteiger partial charge on any atom is -0.496 e. The van der Waals surface area contributed by atoms with E-state index in [0.717, 1.165) is 50.3 Å². The Morgan fingerprint density at radius 1 is 1.43 bits per heavy atom. The van der Waals surface area contributed by atoms with E-state index in [1.807, 2.05) is 24.3 Å². The van der Waals surface area contributed by atoms with E-state index >= 15 is 0 Å². The van der Waals surface area contributed by atoms with Gasteiger partial charge in [-0.15, -0.1) is 0 Å². The van der Waals surface area contributed by atoms with Crippen LogP contribution >= 0.6 is 0 Å². The Balaban J connectivity index is 2.00. The van der Waals surface area contributed by atoms with Gasteiger partial charge in [0, 0.05) is 31.8 Å². The number of methoxy groups -OCH3 is 1. The van der Waals surface area contributed by atoms with Crippen molar-refractivity contribution in [2.75, 3.05) is 33.4 Å². The Morgan fingerprint density at radius 3 is 2.96 bits per heavy atom. The van der Waals surface area contributed by atoms with Gasteiger partial charge >= 0.3 is 0 Å². The van der Waals surface area contributed by atoms with Crippen molar-refractivity contribution in [3.63, 3.8) is 0 Å². The number of ether oxygens (including phenoxy) is 2. The Labute approximate surface area is 139 Å². The summed E-state index contributed by atoms with van der Waals surface area (Å²) in [6, 6.07) is 7.96. The first-order chi connectivity index (χ1) is 11.2. The third-order valence-corrected chi connectivity index (χ3v) is 4.01. The number of nitrogens with zero attached hydrogens (tertiary/aromatic N) is 1. The smallest absolute Gasteiger partial charge is 0.234 e. The molecule has 1 aromatic rings. The summed E-state index contributed by atoms with van der Waals surface area (Å²) in [4.78, 5) is 14.3. The van der Waals surface area contributed by atoms with Crippen LogP contribution in [0.15, 0.2) is 24.3 Å². The highest BCUT2D eigenvalue weighted by molar-refractivity contribution is 5.78. The molecule has 1 saturated heterocycles. The third-order valence-electron chi connectivity index (χ3n) is 4.01. The van der Waals surface area contributed by atoms with Gasteiger partial charge in [-0.2, -0.15) is 0 Å². The average molecular weight is 320 g/mol. The number of carbonyl (C=O) groups excluding carboxylic acids is 1. The molecular weight excluding hydrogens is 292 g/mol. The lowest BCUT2D eigenvalue weighted by Gasteiger charge is -2.25. The first-order valence-electron chi connectivity index (χ1n) is 8.45. The van der Waals surface area contributed by atoms with Gasteiger partial charge in [-0.05, 0) is 25.3 Å². The van der Waals surface area contributed by atoms with E-state index in [-0.39, 0.29) is 12.0 Å². The second-order valence-corrected chi connectivity index (χ2v) is 5.97. The highest BCUT2D eigenvalue weighted by atomic mass is 16.5. The summed E-state index contributed by atoms with van der Waals surface area (Å²) in [6.07, 6.45) is 3.35. The van der Waals surface area contributed by atoms with Crippen LogP contribution in [-0.2, 0) is 16.1 Å². The SMILES string of the molecule is CCCNC(=O)CN(Cc1ccccc1OC)CC1CCCO1. The van der Waals surface area contributed by atoms with E-state index in [1.54, 1.807) is 7.11 Å². The predicted octanol–water partition coefficient (Wildman–Crippen LogP) is 2.20. The average Bonchev–Trinajstić information content (AvgIpc) is 3.06. The summed E-state index contributed by atoms with van der Waals surface area (Å²) in [7, 11) is 1.68. The van der Waals surface area contributed by atoms with Crippen LogP contribution in [0.1, 0.15) is 31.7 Å². The van der Waals surface area contributed by atoms with Crippen LogP contribution in [0.5, 0.6) is 5.75 Å². The molecular formula is C18H28N2O3. The fourth-order valence-electron chi connectivity index (χ4n) is 2.86. The van der Waals surface area contributed by atoms with Gasteiger partial charge in [0.2, 0.25) is 5.91 Å². The molecule has 0 aliphatic carbocycles. The number of hydrogen-bond donors (Lipinski definition) is 1. The predicted molar refractivity (Wildman–Crippen MR) is 90.5 cm³/mol. The lowest BCUT2D eigenvalue weighted by molar-refractivity contribution is -0.122. The second-order valence-electron chi connectivity index (χ2n) is 5.97. The Morgan fingerprint density at radius 2 is 2.26 bits per heavy atom. The number of para-hydroxylation sites is 1. The molecule has 23 heavy (non-hydrogen) atoms. The van der Waals surface area contributed by atoms with E-state index in [0.29, 0.717) is 13.1 Å². The number of benzene rings is 1. The molecule has 5 nitrogen and oxygen atoms in total. The monoisotopic (exact) mass is 320 g/mol. The maximum atomic E-state index is 12.1. The van der Waals surface area contributed by atoms with Crippen molar-refractivity contribution in [1.29, 1.82) is 0 Å². The van der Waals surface area contributed by atoms with Crippen LogP contribution in [0.25, 0.3) is 0 Å². The molecule has 0 bridgehead atoms. The standard InChI is InChI=1S/C18H28N2O3/c1-3-10-19-18(21)14-20(13-16-8-6-11-23-16)12-15-7-4-5-9-17(15)22-2/h4-5,7,9,16H,3,6,8,10-14H2,1-2H3,(H,19,21). The van der Waals surface area contributed by atoms with E-state index in [9.17, 15) is 4.79 Å². The molecule has 1 N–H and O–H groups in total. The number of nitrogens with one attached hydrogen (secondary N) is 1. The fraction of sp³-hybridized carbons (Fsp3) is 0.611. The van der Waals surface area contributed by atoms with Gasteiger partial charge in [0.15, 0.2) is 0 Å². The molecule has 5 heteroatoms. The maximum Gasteiger partial charge on any atom is 0.234 e. The first-order valence-corrected chi connectivity index (χ1v) is 8.45. The zero-order valence-electron chi connectivity index (χ0n) is 14.2. The summed E-state index contributed by atoms with van der Waals surface area (Å²) in [5.74, 6) is 0.929. The number of amides is 1. The lowest BCUT2D eigenvalue weighted by atomic mass is 10.1. The number of hydrogen-bond acceptors (Lipinski definition) is 4. The van der Waals surface area contributed by atoms with E-state index in [2.05, 4.69) is 17.1 Å². The van der Waals surface area contributed by atoms with Crippen LogP contribution in [0, 0.1) is 0 Å². The lowest BCUT2D eigenvalue weighted by Crippen LogP contribution is -2.40. The molecule has 1 heterocycles. The molecule has 1 amide bonds. The third kappa shape index (κ3) is 5.84. The molecule has 128 valence electrons. The molecule has 1 aromatic carbocycles. The Hall–Kier alpha value is -1.59. The zero-order valence-corrected chi connectivity index (χ0v) is 14.2. The fourth-order valence-corrected chi connectivity index (χ4v) is 2.86. The quantitative estimate of drug-likeness (QED) is 0.758. The van der Waals surface area contributed by atoms with Gasteiger partial charge < -0.3 is 14.8 Å². The summed E-state index contributed by atoms with van der Waals surface area (Å²) >= 11 is 0. The summed E-state index contributed by atoms with van der Waals surface area (Å²) in [5.41, 5.74) is 1.09. The van der Waals surface area contributed by atoms with Crippen molar-refractivity contribution < 1.29 is 14.3 Å². The van der Waals surface area contributed by atoms with Crippen molar-refractivity contribution in [3.05, 3.63) is 29.8 Å². The van der Waals surface area contributed by atoms with Crippen LogP contribution in [0.4, 0.5) is 0 Å². The Kier molecular flexibility index (Phi) is 7.36. The van der Waals surface area contributed by atoms with Crippen molar-refractivity contribution in [1.82, 2.24) is 10.2 Å². The topological polar surface area (TPSA) is 50.8 Å². The number of carbonyl (C=O) groups is 1. The Bertz CT molecular complexity index is 487. The molecule has 2 rings (SSSR count). The van der Waals surface area contributed by atoms with Gasteiger partial charge in [0.25, 0.3) is 0 Å². The van der Waals surface area contributed by atoms with E-state index < -0.39 is 0 Å². The van der Waals surface area contributed by atoms with Crippen LogP contribution in [-0.4, -0.2) is 50.3 Å². The van der Waals surface area contributed by atoms with Crippen LogP contribution in [0.3, 0.4) is 0 Å². The zero-order chi connectivity index (χ0) is 16.5. The van der Waals surface area contributed by atoms with Gasteiger partial charge in [-0.3, -0.25) is 9.69 Å². The van der Waals surface area contributed by atoms with Crippen molar-refractivity contribution >= 4 is 5.91 Å². The van der Waals surface area contributed by atoms with Crippen molar-refractivity contribution in [3.8, 4) is 5.75 Å². The molecule has 0 saturated carbocycles. The minimum absolute atomic E-state index is 0.0692. The molecule has 1 fully saturated rings. The molecule has 0 spiro atoms. The van der Waals surface area contributed by atoms with Crippen molar-refractivity contribution in [2.45, 2.75) is 38.8 Å². The minimum atomic E-state index is 0.0692. The molecule has 1 atom stereocenters. The van der Waals surface area contributed by atoms with E-state index in [4.69, 9.17) is 9.47 Å². The van der Waals surface area contributed by atoms with Crippen molar-refractivity contribution in [2.24, 2.45) is 0 Å². The largest absolute Gasteiger partial charge is 0.496 e. The van der Waals surface area contributed by atoms with Gasteiger partial charge in [0.1, 0.15) is 5.75 Å².